The van der Waals surface area contributed by atoms with Crippen LogP contribution in [-0.4, -0.2) is 57.5 Å². The molecule has 2 aliphatic rings. The smallest absolute Gasteiger partial charge is 0.425 e. The number of carbonyl (C=O) groups is 2. The van der Waals surface area contributed by atoms with Gasteiger partial charge in [0.25, 0.3) is 0 Å². The minimum atomic E-state index is -1.19. The fourth-order valence-corrected chi connectivity index (χ4v) is 4.74. The number of nitrogens with two attached hydrogens (primary N) is 1. The molecule has 192 valence electrons. The van der Waals surface area contributed by atoms with E-state index in [9.17, 15) is 14.7 Å². The number of β-amino-alcohol motifs (C(OH)–C–C–N with tert-alkyl or cyclic N) is 1. The summed E-state index contributed by atoms with van der Waals surface area (Å²) in [7, 11) is 0. The summed E-state index contributed by atoms with van der Waals surface area (Å²) in [5, 5.41) is 14.7. The largest absolute Gasteiger partial charge is 0.460 e. The van der Waals surface area contributed by atoms with Gasteiger partial charge in [0.15, 0.2) is 0 Å². The molecule has 1 fully saturated rings. The zero-order valence-electron chi connectivity index (χ0n) is 21.0. The number of hydrazine groups is 1. The van der Waals surface area contributed by atoms with Crippen LogP contribution in [0.3, 0.4) is 0 Å². The minimum Gasteiger partial charge on any atom is -0.460 e. The first-order valence-corrected chi connectivity index (χ1v) is 12.3. The average Bonchev–Trinajstić information content (AvgIpc) is 3.45. The van der Waals surface area contributed by atoms with Crippen molar-refractivity contribution in [2.75, 3.05) is 6.54 Å². The van der Waals surface area contributed by atoms with Crippen LogP contribution in [0.4, 0.5) is 4.79 Å². The number of hydrogen-bond donors (Lipinski definition) is 2. The first kappa shape index (κ1) is 25.9. The van der Waals surface area contributed by atoms with Crippen LogP contribution < -0.4 is 5.73 Å². The third-order valence-electron chi connectivity index (χ3n) is 6.45. The van der Waals surface area contributed by atoms with Gasteiger partial charge in [-0.05, 0) is 38.3 Å². The first-order valence-electron chi connectivity index (χ1n) is 12.3. The summed E-state index contributed by atoms with van der Waals surface area (Å²) in [6, 6.07) is 17.5. The maximum Gasteiger partial charge on any atom is 0.425 e. The third kappa shape index (κ3) is 5.95. The molecule has 8 heteroatoms. The number of benzene rings is 2. The van der Waals surface area contributed by atoms with Crippen LogP contribution in [0, 0.1) is 5.92 Å². The molecule has 0 aromatic heterocycles. The lowest BCUT2D eigenvalue weighted by atomic mass is 9.88. The molecule has 1 heterocycles. The molecule has 1 aliphatic heterocycles. The van der Waals surface area contributed by atoms with Gasteiger partial charge in [0, 0.05) is 12.6 Å². The highest BCUT2D eigenvalue weighted by Crippen LogP contribution is 2.35. The van der Waals surface area contributed by atoms with Crippen molar-refractivity contribution in [2.24, 2.45) is 11.7 Å². The van der Waals surface area contributed by atoms with Gasteiger partial charge in [-0.2, -0.15) is 0 Å². The minimum absolute atomic E-state index is 0.0242. The first-order chi connectivity index (χ1) is 17.1. The molecule has 36 heavy (non-hydrogen) atoms. The lowest BCUT2D eigenvalue weighted by Gasteiger charge is -2.39. The molecule has 1 saturated heterocycles. The van der Waals surface area contributed by atoms with Crippen molar-refractivity contribution in [2.45, 2.75) is 63.6 Å². The molecular weight excluding hydrogens is 458 g/mol. The van der Waals surface area contributed by atoms with Gasteiger partial charge < -0.3 is 20.3 Å². The van der Waals surface area contributed by atoms with Gasteiger partial charge in [-0.25, -0.2) is 14.8 Å². The topological polar surface area (TPSA) is 105 Å². The summed E-state index contributed by atoms with van der Waals surface area (Å²) in [6.07, 6.45) is 3.01. The van der Waals surface area contributed by atoms with Gasteiger partial charge >= 0.3 is 12.1 Å². The van der Waals surface area contributed by atoms with E-state index in [2.05, 4.69) is 0 Å². The van der Waals surface area contributed by atoms with Crippen molar-refractivity contribution in [3.63, 3.8) is 0 Å². The van der Waals surface area contributed by atoms with Crippen LogP contribution in [0.5, 0.6) is 0 Å². The van der Waals surface area contributed by atoms with E-state index in [0.29, 0.717) is 12.0 Å². The highest BCUT2D eigenvalue weighted by atomic mass is 16.6. The quantitative estimate of drug-likeness (QED) is 0.428. The van der Waals surface area contributed by atoms with E-state index in [1.165, 1.54) is 0 Å². The Labute approximate surface area is 212 Å². The van der Waals surface area contributed by atoms with Crippen LogP contribution in [0.15, 0.2) is 72.8 Å². The van der Waals surface area contributed by atoms with E-state index < -0.39 is 35.7 Å². The summed E-state index contributed by atoms with van der Waals surface area (Å²) in [5.74, 6) is -1.63. The van der Waals surface area contributed by atoms with Crippen LogP contribution in [0.25, 0.3) is 0 Å². The van der Waals surface area contributed by atoms with Crippen molar-refractivity contribution in [1.82, 2.24) is 10.0 Å². The highest BCUT2D eigenvalue weighted by Gasteiger charge is 2.47. The molecule has 2 aromatic rings. The lowest BCUT2D eigenvalue weighted by molar-refractivity contribution is -0.157. The lowest BCUT2D eigenvalue weighted by Crippen LogP contribution is -2.54. The number of esters is 1. The van der Waals surface area contributed by atoms with Crippen molar-refractivity contribution in [1.29, 1.82) is 0 Å². The van der Waals surface area contributed by atoms with Crippen LogP contribution in [-0.2, 0) is 20.9 Å². The average molecular weight is 494 g/mol. The number of amides is 1. The molecule has 0 radical (unpaired) electrons. The Hall–Kier alpha value is -3.20. The van der Waals surface area contributed by atoms with E-state index in [-0.39, 0.29) is 25.2 Å². The van der Waals surface area contributed by atoms with Gasteiger partial charge in [-0.15, -0.1) is 0 Å². The van der Waals surface area contributed by atoms with E-state index in [4.69, 9.17) is 15.2 Å². The zero-order chi connectivity index (χ0) is 25.9. The van der Waals surface area contributed by atoms with Crippen LogP contribution in [0.2, 0.25) is 0 Å². The summed E-state index contributed by atoms with van der Waals surface area (Å²) in [5.41, 5.74) is 7.43. The predicted molar refractivity (Wildman–Crippen MR) is 135 cm³/mol. The molecule has 1 amide bonds. The van der Waals surface area contributed by atoms with Gasteiger partial charge in [-0.3, -0.25) is 4.79 Å². The Morgan fingerprint density at radius 1 is 1.03 bits per heavy atom. The zero-order valence-corrected chi connectivity index (χ0v) is 21.0. The Kier molecular flexibility index (Phi) is 7.78. The molecule has 8 nitrogen and oxygen atoms in total. The molecule has 5 atom stereocenters. The Morgan fingerprint density at radius 2 is 1.64 bits per heavy atom. The molecule has 2 aromatic carbocycles. The number of carbonyl (C=O) groups excluding carboxylic acids is 2. The molecule has 4 rings (SSSR count). The molecular formula is C28H35N3O5. The second kappa shape index (κ2) is 10.8. The number of fused-ring (bicyclic) bond motifs is 2. The van der Waals surface area contributed by atoms with E-state index in [1.54, 1.807) is 10.0 Å². The second-order valence-corrected chi connectivity index (χ2v) is 10.3. The van der Waals surface area contributed by atoms with Crippen molar-refractivity contribution < 1.29 is 24.2 Å². The SMILES string of the molecule is CC(C)(C)OC(=O)N1C2C=CC(C2)N1CC(O)[C@@H](C(=O)OCc1ccccc1)C(N)c1ccccc1. The molecule has 2 bridgehead atoms. The summed E-state index contributed by atoms with van der Waals surface area (Å²) in [4.78, 5) is 26.3. The molecule has 0 spiro atoms. The second-order valence-electron chi connectivity index (χ2n) is 10.3. The fourth-order valence-electron chi connectivity index (χ4n) is 4.74. The van der Waals surface area contributed by atoms with Gasteiger partial charge in [0.2, 0.25) is 0 Å². The van der Waals surface area contributed by atoms with Crippen molar-refractivity contribution in [3.05, 3.63) is 83.9 Å². The van der Waals surface area contributed by atoms with Crippen molar-refractivity contribution >= 4 is 12.1 Å². The standard InChI is InChI=1S/C28H35N3O5/c1-28(2,3)36-27(34)31-22-15-14-21(16-22)30(31)17-23(32)24(25(29)20-12-8-5-9-13-20)26(33)35-18-19-10-6-4-7-11-19/h4-15,21-25,32H,16-18,29H2,1-3H3/t21?,22?,23?,24-,25?/m1/s1. The maximum atomic E-state index is 13.3. The number of aliphatic hydroxyl groups excluding tert-OH is 1. The van der Waals surface area contributed by atoms with Crippen LogP contribution in [0.1, 0.15) is 44.4 Å². The number of nitrogens with zero attached hydrogens (tertiary/aromatic N) is 2. The number of aliphatic hydroxyl groups is 1. The number of rotatable bonds is 8. The maximum absolute atomic E-state index is 13.3. The molecule has 0 saturated carbocycles. The van der Waals surface area contributed by atoms with Gasteiger partial charge in [0.1, 0.15) is 18.1 Å². The highest BCUT2D eigenvalue weighted by molar-refractivity contribution is 5.74. The van der Waals surface area contributed by atoms with Crippen LogP contribution >= 0.6 is 0 Å². The fraction of sp³-hybridized carbons (Fsp3) is 0.429. The molecule has 3 N–H and O–H groups in total. The van der Waals surface area contributed by atoms with Gasteiger partial charge in [0.05, 0.1) is 18.2 Å². The van der Waals surface area contributed by atoms with E-state index >= 15 is 0 Å². The number of hydrogen-bond acceptors (Lipinski definition) is 7. The Morgan fingerprint density at radius 3 is 2.28 bits per heavy atom. The number of ether oxygens (including phenoxy) is 2. The summed E-state index contributed by atoms with van der Waals surface area (Å²) >= 11 is 0. The predicted octanol–water partition coefficient (Wildman–Crippen LogP) is 3.57. The van der Waals surface area contributed by atoms with Gasteiger partial charge in [-0.1, -0.05) is 72.8 Å². The molecule has 1 aliphatic carbocycles. The monoisotopic (exact) mass is 493 g/mol. The van der Waals surface area contributed by atoms with E-state index in [1.807, 2.05) is 93.6 Å². The molecule has 4 unspecified atom stereocenters. The van der Waals surface area contributed by atoms with Crippen molar-refractivity contribution in [3.8, 4) is 0 Å². The normalized spacial score (nSPS) is 21.8. The van der Waals surface area contributed by atoms with E-state index in [0.717, 1.165) is 5.56 Å². The summed E-state index contributed by atoms with van der Waals surface area (Å²) < 4.78 is 11.2. The Balaban J connectivity index is 1.54. The Bertz CT molecular complexity index is 1070. The third-order valence-corrected chi connectivity index (χ3v) is 6.45. The summed E-state index contributed by atoms with van der Waals surface area (Å²) in [6.45, 7) is 5.53.